The van der Waals surface area contributed by atoms with Crippen LogP contribution in [-0.4, -0.2) is 6.54 Å². The largest absolute Gasteiger partial charge is 0.385 e. The maximum atomic E-state index is 3.55. The second-order valence-electron chi connectivity index (χ2n) is 5.18. The topological polar surface area (TPSA) is 12.0 Å². The van der Waals surface area contributed by atoms with E-state index in [4.69, 9.17) is 0 Å². The zero-order valence-electron chi connectivity index (χ0n) is 11.1. The summed E-state index contributed by atoms with van der Waals surface area (Å²) in [5.41, 5.74) is 4.46. The highest BCUT2D eigenvalue weighted by Crippen LogP contribution is 2.24. The van der Waals surface area contributed by atoms with Crippen LogP contribution in [0.25, 0.3) is 0 Å². The Hall–Kier alpha value is -0.980. The van der Waals surface area contributed by atoms with Crippen molar-refractivity contribution in [2.45, 2.75) is 58.3 Å². The Kier molecular flexibility index (Phi) is 4.90. The third-order valence-corrected chi connectivity index (χ3v) is 3.71. The van der Waals surface area contributed by atoms with Gasteiger partial charge in [-0.1, -0.05) is 38.7 Å². The fourth-order valence-electron chi connectivity index (χ4n) is 2.64. The monoisotopic (exact) mass is 231 g/mol. The van der Waals surface area contributed by atoms with E-state index >= 15 is 0 Å². The summed E-state index contributed by atoms with van der Waals surface area (Å²) in [4.78, 5) is 0. The van der Waals surface area contributed by atoms with Crippen molar-refractivity contribution in [3.63, 3.8) is 0 Å². The molecule has 1 heteroatoms. The fourth-order valence-corrected chi connectivity index (χ4v) is 2.64. The van der Waals surface area contributed by atoms with Gasteiger partial charge in [-0.05, 0) is 48.9 Å². The number of nitrogens with one attached hydrogen (secondary N) is 1. The smallest absolute Gasteiger partial charge is 0.0343 e. The molecule has 0 bridgehead atoms. The number of benzene rings is 1. The van der Waals surface area contributed by atoms with Crippen LogP contribution in [0.3, 0.4) is 0 Å². The Morgan fingerprint density at radius 3 is 2.71 bits per heavy atom. The summed E-state index contributed by atoms with van der Waals surface area (Å²) >= 11 is 0. The van der Waals surface area contributed by atoms with Crippen LogP contribution in [0.15, 0.2) is 18.2 Å². The molecule has 17 heavy (non-hydrogen) atoms. The van der Waals surface area contributed by atoms with Gasteiger partial charge in [0, 0.05) is 12.2 Å². The molecule has 0 unspecified atom stereocenters. The second kappa shape index (κ2) is 6.68. The Balaban J connectivity index is 1.69. The predicted octanol–water partition coefficient (Wildman–Crippen LogP) is 4.56. The van der Waals surface area contributed by atoms with Crippen LogP contribution >= 0.6 is 0 Å². The molecule has 94 valence electrons. The van der Waals surface area contributed by atoms with E-state index in [1.54, 1.807) is 11.1 Å². The zero-order valence-corrected chi connectivity index (χ0v) is 11.1. The van der Waals surface area contributed by atoms with Gasteiger partial charge in [0.1, 0.15) is 0 Å². The third kappa shape index (κ3) is 3.76. The first kappa shape index (κ1) is 12.5. The number of aryl methyl sites for hydroxylation is 2. The lowest BCUT2D eigenvalue weighted by Gasteiger charge is -2.08. The standard InChI is InChI=1S/C16H25N/c1-2-3-4-5-6-12-17-16-11-10-14-8-7-9-15(14)13-16/h10-11,13,17H,2-9,12H2,1H3. The van der Waals surface area contributed by atoms with E-state index in [2.05, 4.69) is 30.4 Å². The van der Waals surface area contributed by atoms with Crippen LogP contribution in [0, 0.1) is 0 Å². The summed E-state index contributed by atoms with van der Waals surface area (Å²) in [6, 6.07) is 6.91. The van der Waals surface area contributed by atoms with Gasteiger partial charge in [0.2, 0.25) is 0 Å². The van der Waals surface area contributed by atoms with Crippen molar-refractivity contribution in [3.05, 3.63) is 29.3 Å². The Bertz CT molecular complexity index is 343. The summed E-state index contributed by atoms with van der Waals surface area (Å²) < 4.78 is 0. The van der Waals surface area contributed by atoms with Crippen molar-refractivity contribution < 1.29 is 0 Å². The van der Waals surface area contributed by atoms with Gasteiger partial charge >= 0.3 is 0 Å². The second-order valence-corrected chi connectivity index (χ2v) is 5.18. The molecule has 0 radical (unpaired) electrons. The maximum Gasteiger partial charge on any atom is 0.0343 e. The van der Waals surface area contributed by atoms with Gasteiger partial charge in [0.15, 0.2) is 0 Å². The molecule has 0 aliphatic heterocycles. The molecule has 0 heterocycles. The van der Waals surface area contributed by atoms with Crippen LogP contribution in [0.5, 0.6) is 0 Å². The molecule has 0 amide bonds. The molecule has 0 atom stereocenters. The van der Waals surface area contributed by atoms with Gasteiger partial charge in [-0.25, -0.2) is 0 Å². The highest BCUT2D eigenvalue weighted by molar-refractivity contribution is 5.50. The number of rotatable bonds is 7. The number of hydrogen-bond donors (Lipinski definition) is 1. The number of fused-ring (bicyclic) bond motifs is 1. The van der Waals surface area contributed by atoms with Gasteiger partial charge in [0.05, 0.1) is 0 Å². The highest BCUT2D eigenvalue weighted by atomic mass is 14.9. The average Bonchev–Trinajstić information content (AvgIpc) is 2.81. The first-order valence-corrected chi connectivity index (χ1v) is 7.26. The van der Waals surface area contributed by atoms with Crippen molar-refractivity contribution in [1.82, 2.24) is 0 Å². The van der Waals surface area contributed by atoms with Gasteiger partial charge in [0.25, 0.3) is 0 Å². The Morgan fingerprint density at radius 1 is 1.00 bits per heavy atom. The molecule has 2 rings (SSSR count). The van der Waals surface area contributed by atoms with Crippen molar-refractivity contribution >= 4 is 5.69 Å². The van der Waals surface area contributed by atoms with E-state index in [1.165, 1.54) is 57.1 Å². The molecule has 1 aliphatic carbocycles. The van der Waals surface area contributed by atoms with E-state index in [1.807, 2.05) is 0 Å². The van der Waals surface area contributed by atoms with E-state index in [0.29, 0.717) is 0 Å². The first-order valence-electron chi connectivity index (χ1n) is 7.26. The van der Waals surface area contributed by atoms with Crippen molar-refractivity contribution in [1.29, 1.82) is 0 Å². The minimum Gasteiger partial charge on any atom is -0.385 e. The minimum absolute atomic E-state index is 1.13. The number of unbranched alkanes of at least 4 members (excludes halogenated alkanes) is 4. The summed E-state index contributed by atoms with van der Waals surface area (Å²) in [6.07, 6.45) is 10.7. The lowest BCUT2D eigenvalue weighted by molar-refractivity contribution is 0.645. The fraction of sp³-hybridized carbons (Fsp3) is 0.625. The molecule has 1 nitrogen and oxygen atoms in total. The van der Waals surface area contributed by atoms with Crippen LogP contribution in [0.4, 0.5) is 5.69 Å². The lowest BCUT2D eigenvalue weighted by atomic mass is 10.1. The lowest BCUT2D eigenvalue weighted by Crippen LogP contribution is -2.01. The van der Waals surface area contributed by atoms with Crippen molar-refractivity contribution in [3.8, 4) is 0 Å². The first-order chi connectivity index (χ1) is 8.40. The summed E-state index contributed by atoms with van der Waals surface area (Å²) in [6.45, 7) is 3.39. The molecule has 0 fully saturated rings. The SMILES string of the molecule is CCCCCCCNc1ccc2c(c1)CCC2. The molecule has 0 spiro atoms. The van der Waals surface area contributed by atoms with E-state index in [9.17, 15) is 0 Å². The van der Waals surface area contributed by atoms with Crippen LogP contribution < -0.4 is 5.32 Å². The third-order valence-electron chi connectivity index (χ3n) is 3.71. The van der Waals surface area contributed by atoms with E-state index in [-0.39, 0.29) is 0 Å². The molecular formula is C16H25N. The Labute approximate surface area is 106 Å². The molecule has 0 saturated carbocycles. The number of hydrogen-bond acceptors (Lipinski definition) is 1. The molecule has 1 aromatic rings. The maximum absolute atomic E-state index is 3.55. The molecule has 1 N–H and O–H groups in total. The molecular weight excluding hydrogens is 206 g/mol. The molecule has 0 aromatic heterocycles. The zero-order chi connectivity index (χ0) is 11.9. The van der Waals surface area contributed by atoms with Crippen molar-refractivity contribution in [2.75, 3.05) is 11.9 Å². The molecule has 1 aromatic carbocycles. The molecule has 1 aliphatic rings. The van der Waals surface area contributed by atoms with Gasteiger partial charge < -0.3 is 5.32 Å². The minimum atomic E-state index is 1.13. The predicted molar refractivity (Wildman–Crippen MR) is 75.7 cm³/mol. The van der Waals surface area contributed by atoms with Gasteiger partial charge in [-0.15, -0.1) is 0 Å². The molecule has 0 saturated heterocycles. The summed E-state index contributed by atoms with van der Waals surface area (Å²) in [5.74, 6) is 0. The van der Waals surface area contributed by atoms with Gasteiger partial charge in [-0.2, -0.15) is 0 Å². The Morgan fingerprint density at radius 2 is 1.82 bits per heavy atom. The quantitative estimate of drug-likeness (QED) is 0.678. The number of anilines is 1. The van der Waals surface area contributed by atoms with Crippen LogP contribution in [-0.2, 0) is 12.8 Å². The normalized spacial score (nSPS) is 13.7. The highest BCUT2D eigenvalue weighted by Gasteiger charge is 2.10. The van der Waals surface area contributed by atoms with E-state index in [0.717, 1.165) is 6.54 Å². The summed E-state index contributed by atoms with van der Waals surface area (Å²) in [5, 5.41) is 3.55. The summed E-state index contributed by atoms with van der Waals surface area (Å²) in [7, 11) is 0. The van der Waals surface area contributed by atoms with Crippen LogP contribution in [0.2, 0.25) is 0 Å². The van der Waals surface area contributed by atoms with Crippen LogP contribution in [0.1, 0.15) is 56.6 Å². The van der Waals surface area contributed by atoms with Crippen molar-refractivity contribution in [2.24, 2.45) is 0 Å². The average molecular weight is 231 g/mol. The van der Waals surface area contributed by atoms with E-state index < -0.39 is 0 Å². The van der Waals surface area contributed by atoms with Gasteiger partial charge in [-0.3, -0.25) is 0 Å².